The molecule has 0 atom stereocenters. The van der Waals surface area contributed by atoms with E-state index in [4.69, 9.17) is 4.74 Å². The van der Waals surface area contributed by atoms with Crippen molar-refractivity contribution in [2.45, 2.75) is 6.54 Å². The molecule has 0 radical (unpaired) electrons. The molecule has 5 heteroatoms. The summed E-state index contributed by atoms with van der Waals surface area (Å²) in [6.07, 6.45) is 1.66. The molecule has 0 spiro atoms. The molecule has 20 heavy (non-hydrogen) atoms. The van der Waals surface area contributed by atoms with E-state index < -0.39 is 0 Å². The second-order valence-electron chi connectivity index (χ2n) is 4.47. The van der Waals surface area contributed by atoms with Crippen LogP contribution in [0.3, 0.4) is 0 Å². The number of hydrogen-bond donors (Lipinski definition) is 1. The van der Waals surface area contributed by atoms with Gasteiger partial charge in [0.15, 0.2) is 11.6 Å². The first kappa shape index (κ1) is 12.5. The van der Waals surface area contributed by atoms with Crippen molar-refractivity contribution in [2.24, 2.45) is 0 Å². The lowest BCUT2D eigenvalue weighted by Gasteiger charge is -2.28. The van der Waals surface area contributed by atoms with Crippen LogP contribution in [0.5, 0.6) is 5.75 Å². The molecule has 102 valence electrons. The van der Waals surface area contributed by atoms with Gasteiger partial charge in [0.1, 0.15) is 6.61 Å². The Hall–Kier alpha value is -2.56. The molecule has 2 heterocycles. The second-order valence-corrected chi connectivity index (χ2v) is 4.47. The first-order chi connectivity index (χ1) is 9.84. The number of amides is 2. The van der Waals surface area contributed by atoms with Crippen molar-refractivity contribution in [3.05, 3.63) is 54.2 Å². The molecule has 3 rings (SSSR count). The Balaban J connectivity index is 1.69. The van der Waals surface area contributed by atoms with E-state index in [0.717, 1.165) is 5.56 Å². The maximum absolute atomic E-state index is 12.3. The molecule has 1 aromatic heterocycles. The Morgan fingerprint density at radius 3 is 2.95 bits per heavy atom. The first-order valence-corrected chi connectivity index (χ1v) is 6.52. The van der Waals surface area contributed by atoms with Gasteiger partial charge in [0.2, 0.25) is 0 Å². The fourth-order valence-electron chi connectivity index (χ4n) is 2.12. The fourth-order valence-corrected chi connectivity index (χ4v) is 2.12. The average molecular weight is 269 g/mol. The van der Waals surface area contributed by atoms with E-state index in [1.807, 2.05) is 36.4 Å². The van der Waals surface area contributed by atoms with Gasteiger partial charge in [0, 0.05) is 12.7 Å². The lowest BCUT2D eigenvalue weighted by atomic mass is 10.2. The third kappa shape index (κ3) is 2.56. The van der Waals surface area contributed by atoms with Gasteiger partial charge >= 0.3 is 6.03 Å². The van der Waals surface area contributed by atoms with Crippen molar-refractivity contribution >= 4 is 11.8 Å². The fraction of sp³-hybridized carbons (Fsp3) is 0.200. The molecule has 0 saturated carbocycles. The molecule has 1 aliphatic heterocycles. The van der Waals surface area contributed by atoms with Crippen LogP contribution in [0.2, 0.25) is 0 Å². The first-order valence-electron chi connectivity index (χ1n) is 6.52. The Morgan fingerprint density at radius 2 is 2.10 bits per heavy atom. The van der Waals surface area contributed by atoms with Crippen LogP contribution in [-0.4, -0.2) is 24.2 Å². The van der Waals surface area contributed by atoms with Crippen LogP contribution in [0, 0.1) is 0 Å². The standard InChI is InChI=1S/C15H15N3O2/c19-15(17-11-12-5-2-1-3-6-12)18-9-10-20-13-7-4-8-16-14(13)18/h1-8H,9-11H2,(H,17,19). The van der Waals surface area contributed by atoms with E-state index in [1.54, 1.807) is 17.2 Å². The van der Waals surface area contributed by atoms with Crippen LogP contribution in [-0.2, 0) is 6.54 Å². The minimum Gasteiger partial charge on any atom is -0.488 e. The van der Waals surface area contributed by atoms with Crippen LogP contribution in [0.25, 0.3) is 0 Å². The third-order valence-electron chi connectivity index (χ3n) is 3.11. The lowest BCUT2D eigenvalue weighted by Crippen LogP contribution is -2.44. The van der Waals surface area contributed by atoms with E-state index in [2.05, 4.69) is 10.3 Å². The highest BCUT2D eigenvalue weighted by atomic mass is 16.5. The molecule has 0 fully saturated rings. The number of ether oxygens (including phenoxy) is 1. The highest BCUT2D eigenvalue weighted by molar-refractivity contribution is 5.92. The van der Waals surface area contributed by atoms with E-state index in [0.29, 0.717) is 31.3 Å². The number of aromatic nitrogens is 1. The summed E-state index contributed by atoms with van der Waals surface area (Å²) in [4.78, 5) is 18.1. The highest BCUT2D eigenvalue weighted by Gasteiger charge is 2.24. The van der Waals surface area contributed by atoms with E-state index in [-0.39, 0.29) is 6.03 Å². The number of fused-ring (bicyclic) bond motifs is 1. The smallest absolute Gasteiger partial charge is 0.323 e. The van der Waals surface area contributed by atoms with Gasteiger partial charge in [0.25, 0.3) is 0 Å². The van der Waals surface area contributed by atoms with Gasteiger partial charge in [-0.3, -0.25) is 4.90 Å². The van der Waals surface area contributed by atoms with Gasteiger partial charge in [-0.15, -0.1) is 0 Å². The van der Waals surface area contributed by atoms with Crippen molar-refractivity contribution in [1.82, 2.24) is 10.3 Å². The van der Waals surface area contributed by atoms with Crippen molar-refractivity contribution in [3.8, 4) is 5.75 Å². The van der Waals surface area contributed by atoms with Crippen LogP contribution >= 0.6 is 0 Å². The summed E-state index contributed by atoms with van der Waals surface area (Å²) in [6, 6.07) is 13.3. The van der Waals surface area contributed by atoms with Crippen LogP contribution in [0.15, 0.2) is 48.7 Å². The van der Waals surface area contributed by atoms with Gasteiger partial charge in [0.05, 0.1) is 6.54 Å². The topological polar surface area (TPSA) is 54.5 Å². The summed E-state index contributed by atoms with van der Waals surface area (Å²) >= 11 is 0. The minimum absolute atomic E-state index is 0.155. The number of carbonyl (C=O) groups is 1. The average Bonchev–Trinajstić information content (AvgIpc) is 2.53. The van der Waals surface area contributed by atoms with Crippen LogP contribution in [0.1, 0.15) is 5.56 Å². The van der Waals surface area contributed by atoms with E-state index >= 15 is 0 Å². The number of carbonyl (C=O) groups excluding carboxylic acids is 1. The summed E-state index contributed by atoms with van der Waals surface area (Å²) in [7, 11) is 0. The molecule has 1 aliphatic rings. The zero-order valence-corrected chi connectivity index (χ0v) is 11.0. The summed E-state index contributed by atoms with van der Waals surface area (Å²) < 4.78 is 5.48. The Kier molecular flexibility index (Phi) is 3.50. The Morgan fingerprint density at radius 1 is 1.25 bits per heavy atom. The summed E-state index contributed by atoms with van der Waals surface area (Å²) in [6.45, 7) is 1.49. The predicted octanol–water partition coefficient (Wildman–Crippen LogP) is 2.19. The van der Waals surface area contributed by atoms with Gasteiger partial charge in [-0.1, -0.05) is 30.3 Å². The molecular formula is C15H15N3O2. The zero-order valence-electron chi connectivity index (χ0n) is 11.0. The van der Waals surface area contributed by atoms with E-state index in [1.165, 1.54) is 0 Å². The van der Waals surface area contributed by atoms with Gasteiger partial charge in [-0.2, -0.15) is 0 Å². The molecular weight excluding hydrogens is 254 g/mol. The monoisotopic (exact) mass is 269 g/mol. The van der Waals surface area contributed by atoms with Crippen LogP contribution in [0.4, 0.5) is 10.6 Å². The number of benzene rings is 1. The summed E-state index contributed by atoms with van der Waals surface area (Å²) in [5, 5.41) is 2.90. The number of pyridine rings is 1. The minimum atomic E-state index is -0.155. The molecule has 5 nitrogen and oxygen atoms in total. The molecule has 1 N–H and O–H groups in total. The second kappa shape index (κ2) is 5.61. The summed E-state index contributed by atoms with van der Waals surface area (Å²) in [5.74, 6) is 1.22. The molecule has 2 amide bonds. The van der Waals surface area contributed by atoms with Gasteiger partial charge < -0.3 is 10.1 Å². The number of anilines is 1. The van der Waals surface area contributed by atoms with Crippen LogP contribution < -0.4 is 15.0 Å². The van der Waals surface area contributed by atoms with Crippen molar-refractivity contribution in [1.29, 1.82) is 0 Å². The number of nitrogens with zero attached hydrogens (tertiary/aromatic N) is 2. The summed E-state index contributed by atoms with van der Waals surface area (Å²) in [5.41, 5.74) is 1.07. The predicted molar refractivity (Wildman–Crippen MR) is 75.8 cm³/mol. The normalized spacial score (nSPS) is 13.3. The number of rotatable bonds is 2. The maximum atomic E-state index is 12.3. The molecule has 0 bridgehead atoms. The molecule has 0 saturated heterocycles. The number of nitrogens with one attached hydrogen (secondary N) is 1. The Bertz CT molecular complexity index is 601. The number of hydrogen-bond acceptors (Lipinski definition) is 3. The van der Waals surface area contributed by atoms with E-state index in [9.17, 15) is 4.79 Å². The SMILES string of the molecule is O=C(NCc1ccccc1)N1CCOc2cccnc21. The third-order valence-corrected chi connectivity index (χ3v) is 3.11. The van der Waals surface area contributed by atoms with Gasteiger partial charge in [-0.25, -0.2) is 9.78 Å². The number of urea groups is 1. The van der Waals surface area contributed by atoms with Gasteiger partial charge in [-0.05, 0) is 17.7 Å². The molecule has 0 aliphatic carbocycles. The zero-order chi connectivity index (χ0) is 13.8. The van der Waals surface area contributed by atoms with Crippen molar-refractivity contribution in [3.63, 3.8) is 0 Å². The Labute approximate surface area is 117 Å². The molecule has 0 unspecified atom stereocenters. The molecule has 2 aromatic rings. The molecule has 1 aromatic carbocycles. The maximum Gasteiger partial charge on any atom is 0.323 e. The lowest BCUT2D eigenvalue weighted by molar-refractivity contribution is 0.239. The largest absolute Gasteiger partial charge is 0.488 e. The highest BCUT2D eigenvalue weighted by Crippen LogP contribution is 2.28. The quantitative estimate of drug-likeness (QED) is 0.909. The van der Waals surface area contributed by atoms with Crippen molar-refractivity contribution < 1.29 is 9.53 Å². The van der Waals surface area contributed by atoms with Crippen molar-refractivity contribution in [2.75, 3.05) is 18.1 Å².